The van der Waals surface area contributed by atoms with Crippen LogP contribution < -0.4 is 5.32 Å². The number of anilines is 1. The molecule has 1 aromatic carbocycles. The minimum absolute atomic E-state index is 0.630. The Labute approximate surface area is 117 Å². The van der Waals surface area contributed by atoms with Crippen molar-refractivity contribution in [2.75, 3.05) is 11.9 Å². The molecule has 0 fully saturated rings. The van der Waals surface area contributed by atoms with Crippen LogP contribution in [-0.2, 0) is 0 Å². The highest BCUT2D eigenvalue weighted by atomic mass is 15.3. The molecule has 0 aliphatic carbocycles. The second-order valence-corrected chi connectivity index (χ2v) is 4.26. The van der Waals surface area contributed by atoms with E-state index < -0.39 is 0 Å². The maximum Gasteiger partial charge on any atom is 0.223 e. The predicted molar refractivity (Wildman–Crippen MR) is 78.8 cm³/mol. The number of hydrogen-bond donors (Lipinski definition) is 1. The van der Waals surface area contributed by atoms with Gasteiger partial charge < -0.3 is 5.32 Å². The second-order valence-electron chi connectivity index (χ2n) is 4.26. The lowest BCUT2D eigenvalue weighted by molar-refractivity contribution is 0.883. The number of nitrogens with zero attached hydrogens (tertiary/aromatic N) is 4. The first-order valence-corrected chi connectivity index (χ1v) is 6.55. The fourth-order valence-electron chi connectivity index (χ4n) is 2.02. The average Bonchev–Trinajstić information content (AvgIpc) is 2.98. The average molecular weight is 265 g/mol. The van der Waals surface area contributed by atoms with Crippen LogP contribution in [0.25, 0.3) is 17.1 Å². The molecule has 0 radical (unpaired) electrons. The van der Waals surface area contributed by atoms with Gasteiger partial charge in [-0.1, -0.05) is 18.2 Å². The van der Waals surface area contributed by atoms with Crippen molar-refractivity contribution < 1.29 is 0 Å². The van der Waals surface area contributed by atoms with Crippen molar-refractivity contribution in [3.63, 3.8) is 0 Å². The number of benzene rings is 1. The molecule has 3 rings (SSSR count). The summed E-state index contributed by atoms with van der Waals surface area (Å²) in [6, 6.07) is 13.8. The van der Waals surface area contributed by atoms with Crippen LogP contribution >= 0.6 is 0 Å². The Morgan fingerprint density at radius 3 is 2.70 bits per heavy atom. The summed E-state index contributed by atoms with van der Waals surface area (Å²) in [5.74, 6) is 0.630. The quantitative estimate of drug-likeness (QED) is 0.788. The van der Waals surface area contributed by atoms with Gasteiger partial charge in [-0.05, 0) is 31.2 Å². The molecule has 20 heavy (non-hydrogen) atoms. The summed E-state index contributed by atoms with van der Waals surface area (Å²) in [4.78, 5) is 8.70. The van der Waals surface area contributed by atoms with Gasteiger partial charge in [-0.15, -0.1) is 0 Å². The molecule has 0 spiro atoms. The van der Waals surface area contributed by atoms with Gasteiger partial charge >= 0.3 is 0 Å². The van der Waals surface area contributed by atoms with E-state index in [2.05, 4.69) is 20.4 Å². The highest BCUT2D eigenvalue weighted by Crippen LogP contribution is 2.20. The molecule has 0 saturated carbocycles. The third kappa shape index (κ3) is 2.38. The SMILES string of the molecule is CCNc1nccc(-c2ccnn2-c2ccccc2)n1. The van der Waals surface area contributed by atoms with Gasteiger partial charge in [0.15, 0.2) is 0 Å². The zero-order valence-corrected chi connectivity index (χ0v) is 11.2. The molecule has 0 unspecified atom stereocenters. The zero-order chi connectivity index (χ0) is 13.8. The molecule has 0 aliphatic rings. The first-order chi connectivity index (χ1) is 9.88. The number of aromatic nitrogens is 4. The van der Waals surface area contributed by atoms with Crippen molar-refractivity contribution in [1.82, 2.24) is 19.7 Å². The highest BCUT2D eigenvalue weighted by Gasteiger charge is 2.09. The molecule has 5 heteroatoms. The number of nitrogens with one attached hydrogen (secondary N) is 1. The summed E-state index contributed by atoms with van der Waals surface area (Å²) in [5.41, 5.74) is 2.80. The van der Waals surface area contributed by atoms with Crippen molar-refractivity contribution in [2.24, 2.45) is 0 Å². The third-order valence-corrected chi connectivity index (χ3v) is 2.90. The molecule has 0 amide bonds. The van der Waals surface area contributed by atoms with Crippen LogP contribution in [0.2, 0.25) is 0 Å². The standard InChI is InChI=1S/C15H15N5/c1-2-16-15-17-10-8-13(19-15)14-9-11-18-20(14)12-6-4-3-5-7-12/h3-11H,2H2,1H3,(H,16,17,19). The Morgan fingerprint density at radius 1 is 1.05 bits per heavy atom. The van der Waals surface area contributed by atoms with E-state index in [0.29, 0.717) is 5.95 Å². The molecule has 100 valence electrons. The molecular weight excluding hydrogens is 250 g/mol. The normalized spacial score (nSPS) is 10.4. The van der Waals surface area contributed by atoms with E-state index in [-0.39, 0.29) is 0 Å². The Hall–Kier alpha value is -2.69. The molecule has 0 bridgehead atoms. The van der Waals surface area contributed by atoms with Crippen LogP contribution in [0, 0.1) is 0 Å². The van der Waals surface area contributed by atoms with E-state index in [1.54, 1.807) is 12.4 Å². The van der Waals surface area contributed by atoms with Crippen molar-refractivity contribution in [3.05, 3.63) is 54.9 Å². The summed E-state index contributed by atoms with van der Waals surface area (Å²) < 4.78 is 1.87. The van der Waals surface area contributed by atoms with E-state index in [0.717, 1.165) is 23.6 Å². The molecule has 0 saturated heterocycles. The zero-order valence-electron chi connectivity index (χ0n) is 11.2. The molecule has 0 aliphatic heterocycles. The number of hydrogen-bond acceptors (Lipinski definition) is 4. The lowest BCUT2D eigenvalue weighted by Crippen LogP contribution is -2.04. The minimum atomic E-state index is 0.630. The number of rotatable bonds is 4. The van der Waals surface area contributed by atoms with Gasteiger partial charge in [-0.3, -0.25) is 0 Å². The van der Waals surface area contributed by atoms with Gasteiger partial charge in [-0.25, -0.2) is 14.6 Å². The van der Waals surface area contributed by atoms with Gasteiger partial charge in [-0.2, -0.15) is 5.10 Å². The summed E-state index contributed by atoms with van der Waals surface area (Å²) >= 11 is 0. The number of para-hydroxylation sites is 1. The minimum Gasteiger partial charge on any atom is -0.354 e. The predicted octanol–water partition coefficient (Wildman–Crippen LogP) is 2.76. The van der Waals surface area contributed by atoms with Gasteiger partial charge in [0.25, 0.3) is 0 Å². The second kappa shape index (κ2) is 5.52. The van der Waals surface area contributed by atoms with Crippen LogP contribution in [0.15, 0.2) is 54.9 Å². The van der Waals surface area contributed by atoms with E-state index in [9.17, 15) is 0 Å². The first-order valence-electron chi connectivity index (χ1n) is 6.55. The van der Waals surface area contributed by atoms with Gasteiger partial charge in [0.2, 0.25) is 5.95 Å². The molecule has 2 heterocycles. The van der Waals surface area contributed by atoms with E-state index in [4.69, 9.17) is 0 Å². The fourth-order valence-corrected chi connectivity index (χ4v) is 2.02. The molecule has 2 aromatic heterocycles. The first kappa shape index (κ1) is 12.3. The maximum absolute atomic E-state index is 4.51. The van der Waals surface area contributed by atoms with Crippen molar-refractivity contribution in [2.45, 2.75) is 6.92 Å². The van der Waals surface area contributed by atoms with E-state index in [1.165, 1.54) is 0 Å². The van der Waals surface area contributed by atoms with Crippen molar-refractivity contribution in [3.8, 4) is 17.1 Å². The summed E-state index contributed by atoms with van der Waals surface area (Å²) in [7, 11) is 0. The summed E-state index contributed by atoms with van der Waals surface area (Å²) in [6.45, 7) is 2.81. The Bertz CT molecular complexity index is 690. The molecule has 1 N–H and O–H groups in total. The lowest BCUT2D eigenvalue weighted by Gasteiger charge is -2.08. The smallest absolute Gasteiger partial charge is 0.223 e. The monoisotopic (exact) mass is 265 g/mol. The van der Waals surface area contributed by atoms with Crippen LogP contribution in [0.5, 0.6) is 0 Å². The Kier molecular flexibility index (Phi) is 3.41. The largest absolute Gasteiger partial charge is 0.354 e. The maximum atomic E-state index is 4.51. The lowest BCUT2D eigenvalue weighted by atomic mass is 10.2. The van der Waals surface area contributed by atoms with Crippen LogP contribution in [-0.4, -0.2) is 26.3 Å². The van der Waals surface area contributed by atoms with Crippen molar-refractivity contribution >= 4 is 5.95 Å². The van der Waals surface area contributed by atoms with E-state index >= 15 is 0 Å². The van der Waals surface area contributed by atoms with Gasteiger partial charge in [0.1, 0.15) is 0 Å². The summed E-state index contributed by atoms with van der Waals surface area (Å²) in [5, 5.41) is 7.49. The van der Waals surface area contributed by atoms with Gasteiger partial charge in [0.05, 0.1) is 23.3 Å². The molecular formula is C15H15N5. The molecule has 0 atom stereocenters. The van der Waals surface area contributed by atoms with Crippen LogP contribution in [0.4, 0.5) is 5.95 Å². The highest BCUT2D eigenvalue weighted by molar-refractivity contribution is 5.58. The van der Waals surface area contributed by atoms with E-state index in [1.807, 2.05) is 54.1 Å². The topological polar surface area (TPSA) is 55.6 Å². The van der Waals surface area contributed by atoms with Crippen LogP contribution in [0.3, 0.4) is 0 Å². The summed E-state index contributed by atoms with van der Waals surface area (Å²) in [6.07, 6.45) is 3.53. The Morgan fingerprint density at radius 2 is 1.90 bits per heavy atom. The van der Waals surface area contributed by atoms with Crippen LogP contribution in [0.1, 0.15) is 6.92 Å². The van der Waals surface area contributed by atoms with Gasteiger partial charge in [0, 0.05) is 12.7 Å². The molecule has 5 nitrogen and oxygen atoms in total. The Balaban J connectivity index is 2.04. The molecule has 3 aromatic rings. The van der Waals surface area contributed by atoms with Crippen molar-refractivity contribution in [1.29, 1.82) is 0 Å². The third-order valence-electron chi connectivity index (χ3n) is 2.90. The fraction of sp³-hybridized carbons (Fsp3) is 0.133.